The van der Waals surface area contributed by atoms with Gasteiger partial charge in [-0.2, -0.15) is 0 Å². The average Bonchev–Trinajstić information content (AvgIpc) is 2.51. The average molecular weight is 355 g/mol. The highest BCUT2D eigenvalue weighted by Crippen LogP contribution is 2.25. The first-order valence-corrected chi connectivity index (χ1v) is 7.48. The first kappa shape index (κ1) is 15.7. The van der Waals surface area contributed by atoms with E-state index in [-0.39, 0.29) is 23.4 Å². The molecule has 1 aliphatic heterocycles. The monoisotopic (exact) mass is 354 g/mol. The minimum Gasteiger partial charge on any atom is -0.339 e. The highest BCUT2D eigenvalue weighted by atomic mass is 79.9. The zero-order valence-corrected chi connectivity index (χ0v) is 13.0. The molecule has 0 saturated carbocycles. The number of hydrogen-bond acceptors (Lipinski definition) is 2. The minimum absolute atomic E-state index is 0.119. The van der Waals surface area contributed by atoms with Crippen LogP contribution in [-0.2, 0) is 9.59 Å². The minimum atomic E-state index is -0.481. The van der Waals surface area contributed by atoms with Crippen molar-refractivity contribution in [2.45, 2.75) is 12.8 Å². The summed E-state index contributed by atoms with van der Waals surface area (Å²) in [5, 5.41) is 2.61. The van der Waals surface area contributed by atoms with Crippen molar-refractivity contribution in [1.29, 1.82) is 0 Å². The number of carbonyl (C=O) groups excluding carboxylic acids is 2. The van der Waals surface area contributed by atoms with Crippen molar-refractivity contribution in [3.63, 3.8) is 0 Å². The quantitative estimate of drug-likeness (QED) is 0.848. The molecule has 1 saturated heterocycles. The molecule has 1 aromatic carbocycles. The molecule has 2 rings (SSSR count). The predicted molar refractivity (Wildman–Crippen MR) is 82.2 cm³/mol. The Balaban J connectivity index is 1.95. The van der Waals surface area contributed by atoms with Crippen molar-refractivity contribution in [2.24, 2.45) is 5.92 Å². The summed E-state index contributed by atoms with van der Waals surface area (Å²) >= 11 is 3.08. The van der Waals surface area contributed by atoms with E-state index >= 15 is 0 Å². The molecule has 0 aromatic heterocycles. The van der Waals surface area contributed by atoms with Gasteiger partial charge >= 0.3 is 0 Å². The van der Waals surface area contributed by atoms with Crippen LogP contribution < -0.4 is 5.32 Å². The lowest BCUT2D eigenvalue weighted by Crippen LogP contribution is -2.40. The highest BCUT2D eigenvalue weighted by molar-refractivity contribution is 9.10. The molecule has 21 heavy (non-hydrogen) atoms. The second-order valence-electron chi connectivity index (χ2n) is 4.89. The Bertz CT molecular complexity index is 569. The van der Waals surface area contributed by atoms with E-state index < -0.39 is 5.82 Å². The fraction of sp³-hybridized carbons (Fsp3) is 0.333. The molecule has 2 amide bonds. The van der Waals surface area contributed by atoms with Crippen molar-refractivity contribution in [3.8, 4) is 0 Å². The summed E-state index contributed by atoms with van der Waals surface area (Å²) in [5.74, 6) is -1.02. The molecule has 0 spiro atoms. The van der Waals surface area contributed by atoms with Gasteiger partial charge in [0.15, 0.2) is 5.82 Å². The summed E-state index contributed by atoms with van der Waals surface area (Å²) in [5.41, 5.74) is 0.166. The van der Waals surface area contributed by atoms with Crippen molar-refractivity contribution in [2.75, 3.05) is 18.4 Å². The number of carbonyl (C=O) groups is 2. The lowest BCUT2D eigenvalue weighted by Gasteiger charge is -2.30. The van der Waals surface area contributed by atoms with Gasteiger partial charge in [-0.15, -0.1) is 0 Å². The Morgan fingerprint density at radius 3 is 2.67 bits per heavy atom. The van der Waals surface area contributed by atoms with Gasteiger partial charge in [-0.1, -0.05) is 12.6 Å². The van der Waals surface area contributed by atoms with E-state index in [0.717, 1.165) is 0 Å². The van der Waals surface area contributed by atoms with Crippen molar-refractivity contribution < 1.29 is 14.0 Å². The van der Waals surface area contributed by atoms with Crippen LogP contribution in [0.1, 0.15) is 12.8 Å². The summed E-state index contributed by atoms with van der Waals surface area (Å²) in [6.07, 6.45) is 2.42. The SMILES string of the molecule is C=CC(=O)N1CCC(C(=O)Nc2cccc(Br)c2F)CC1. The van der Waals surface area contributed by atoms with Crippen LogP contribution in [0.2, 0.25) is 0 Å². The lowest BCUT2D eigenvalue weighted by atomic mass is 9.95. The van der Waals surface area contributed by atoms with E-state index in [2.05, 4.69) is 27.8 Å². The third-order valence-electron chi connectivity index (χ3n) is 3.56. The largest absolute Gasteiger partial charge is 0.339 e. The third kappa shape index (κ3) is 3.69. The predicted octanol–water partition coefficient (Wildman–Crippen LogP) is 2.95. The van der Waals surface area contributed by atoms with Crippen LogP contribution in [0.3, 0.4) is 0 Å². The maximum absolute atomic E-state index is 13.8. The van der Waals surface area contributed by atoms with E-state index in [1.54, 1.807) is 17.0 Å². The van der Waals surface area contributed by atoms with Crippen molar-refractivity contribution in [1.82, 2.24) is 4.90 Å². The van der Waals surface area contributed by atoms with Gasteiger partial charge in [-0.3, -0.25) is 9.59 Å². The number of nitrogens with zero attached hydrogens (tertiary/aromatic N) is 1. The van der Waals surface area contributed by atoms with E-state index in [4.69, 9.17) is 0 Å². The topological polar surface area (TPSA) is 49.4 Å². The van der Waals surface area contributed by atoms with Gasteiger partial charge in [0.05, 0.1) is 10.2 Å². The van der Waals surface area contributed by atoms with Crippen LogP contribution in [0.5, 0.6) is 0 Å². The Labute approximate surface area is 131 Å². The molecule has 1 aliphatic rings. The van der Waals surface area contributed by atoms with Gasteiger partial charge in [0.2, 0.25) is 11.8 Å². The van der Waals surface area contributed by atoms with Gasteiger partial charge in [0.25, 0.3) is 0 Å². The number of halogens is 2. The van der Waals surface area contributed by atoms with Crippen LogP contribution in [0.15, 0.2) is 35.3 Å². The zero-order chi connectivity index (χ0) is 15.4. The molecule has 0 radical (unpaired) electrons. The highest BCUT2D eigenvalue weighted by Gasteiger charge is 2.27. The number of benzene rings is 1. The van der Waals surface area contributed by atoms with Crippen molar-refractivity contribution >= 4 is 33.4 Å². The maximum Gasteiger partial charge on any atom is 0.245 e. The Morgan fingerprint density at radius 1 is 1.38 bits per heavy atom. The van der Waals surface area contributed by atoms with Crippen LogP contribution in [0.25, 0.3) is 0 Å². The summed E-state index contributed by atoms with van der Waals surface area (Å²) in [6, 6.07) is 4.76. The fourth-order valence-corrected chi connectivity index (χ4v) is 2.69. The molecule has 1 fully saturated rings. The van der Waals surface area contributed by atoms with Crippen LogP contribution in [0.4, 0.5) is 10.1 Å². The molecule has 0 bridgehead atoms. The van der Waals surface area contributed by atoms with Crippen LogP contribution >= 0.6 is 15.9 Å². The zero-order valence-electron chi connectivity index (χ0n) is 11.4. The molecule has 1 N–H and O–H groups in total. The van der Waals surface area contributed by atoms with Crippen molar-refractivity contribution in [3.05, 3.63) is 41.1 Å². The van der Waals surface area contributed by atoms with Gasteiger partial charge in [0.1, 0.15) is 0 Å². The summed E-state index contributed by atoms with van der Waals surface area (Å²) in [6.45, 7) is 4.48. The number of likely N-dealkylation sites (tertiary alicyclic amines) is 1. The number of amides is 2. The number of piperidine rings is 1. The van der Waals surface area contributed by atoms with E-state index in [1.165, 1.54) is 12.1 Å². The number of anilines is 1. The molecule has 6 heteroatoms. The van der Waals surface area contributed by atoms with Crippen LogP contribution in [0, 0.1) is 11.7 Å². The van der Waals surface area contributed by atoms with Crippen LogP contribution in [-0.4, -0.2) is 29.8 Å². The number of hydrogen-bond donors (Lipinski definition) is 1. The number of nitrogens with one attached hydrogen (secondary N) is 1. The smallest absolute Gasteiger partial charge is 0.245 e. The molecule has 112 valence electrons. The molecule has 0 aliphatic carbocycles. The first-order chi connectivity index (χ1) is 10.0. The summed E-state index contributed by atoms with van der Waals surface area (Å²) in [7, 11) is 0. The Hall–Kier alpha value is -1.69. The lowest BCUT2D eigenvalue weighted by molar-refractivity contribution is -0.130. The fourth-order valence-electron chi connectivity index (χ4n) is 2.33. The summed E-state index contributed by atoms with van der Waals surface area (Å²) in [4.78, 5) is 25.3. The van der Waals surface area contributed by atoms with E-state index in [9.17, 15) is 14.0 Å². The first-order valence-electron chi connectivity index (χ1n) is 6.69. The van der Waals surface area contributed by atoms with E-state index in [0.29, 0.717) is 30.4 Å². The van der Waals surface area contributed by atoms with E-state index in [1.807, 2.05) is 0 Å². The second-order valence-corrected chi connectivity index (χ2v) is 5.75. The second kappa shape index (κ2) is 6.85. The molecule has 1 heterocycles. The Kier molecular flexibility index (Phi) is 5.12. The molecule has 0 atom stereocenters. The van der Waals surface area contributed by atoms with Gasteiger partial charge in [-0.25, -0.2) is 4.39 Å². The molecular weight excluding hydrogens is 339 g/mol. The maximum atomic E-state index is 13.8. The molecule has 0 unspecified atom stereocenters. The van der Waals surface area contributed by atoms with Gasteiger partial charge in [-0.05, 0) is 47.0 Å². The van der Waals surface area contributed by atoms with Gasteiger partial charge in [0, 0.05) is 19.0 Å². The normalized spacial score (nSPS) is 15.6. The third-order valence-corrected chi connectivity index (χ3v) is 4.17. The van der Waals surface area contributed by atoms with Gasteiger partial charge < -0.3 is 10.2 Å². The standard InChI is InChI=1S/C15H16BrFN2O2/c1-2-13(20)19-8-6-10(7-9-19)15(21)18-12-5-3-4-11(16)14(12)17/h2-5,10H,1,6-9H2,(H,18,21). The molecule has 4 nitrogen and oxygen atoms in total. The number of rotatable bonds is 3. The Morgan fingerprint density at radius 2 is 2.05 bits per heavy atom. The molecular formula is C15H16BrFN2O2. The molecule has 1 aromatic rings. The summed E-state index contributed by atoms with van der Waals surface area (Å²) < 4.78 is 14.1.